The Morgan fingerprint density at radius 1 is 1.17 bits per heavy atom. The molecule has 154 valence electrons. The number of aromatic nitrogens is 1. The Morgan fingerprint density at radius 3 is 2.38 bits per heavy atom. The molecule has 0 unspecified atom stereocenters. The molecule has 1 aromatic carbocycles. The number of hydrogen-bond acceptors (Lipinski definition) is 6. The number of nitrogens with one attached hydrogen (secondary N) is 1. The molecule has 9 nitrogen and oxygen atoms in total. The fourth-order valence-electron chi connectivity index (χ4n) is 3.70. The lowest BCUT2D eigenvalue weighted by Gasteiger charge is -2.44. The first-order valence-corrected chi connectivity index (χ1v) is 9.36. The van der Waals surface area contributed by atoms with Gasteiger partial charge >= 0.3 is 11.9 Å². The monoisotopic (exact) mass is 401 g/mol. The highest BCUT2D eigenvalue weighted by Gasteiger charge is 2.34. The topological polar surface area (TPSA) is 133 Å². The lowest BCUT2D eigenvalue weighted by atomic mass is 9.84. The Balaban J connectivity index is 0.000000258. The third-order valence-corrected chi connectivity index (χ3v) is 5.10. The van der Waals surface area contributed by atoms with E-state index in [9.17, 15) is 14.4 Å². The molecular weight excluding hydrogens is 378 g/mol. The molecule has 3 aliphatic rings. The van der Waals surface area contributed by atoms with Crippen LogP contribution in [0.15, 0.2) is 34.8 Å². The summed E-state index contributed by atoms with van der Waals surface area (Å²) < 4.78 is 5.50. The second kappa shape index (κ2) is 8.87. The molecule has 4 heterocycles. The summed E-state index contributed by atoms with van der Waals surface area (Å²) in [5.41, 5.74) is 2.12. The largest absolute Gasteiger partial charge is 0.478 e. The summed E-state index contributed by atoms with van der Waals surface area (Å²) in [5.74, 6) is -1.26. The molecule has 3 N–H and O–H groups in total. The number of aliphatic carboxylic acids is 2. The molecule has 2 bridgehead atoms. The summed E-state index contributed by atoms with van der Waals surface area (Å²) in [5, 5.41) is 18.8. The van der Waals surface area contributed by atoms with E-state index in [0.29, 0.717) is 35.1 Å². The normalized spacial score (nSPS) is 22.9. The quantitative estimate of drug-likeness (QED) is 0.659. The number of oxazole rings is 1. The SMILES string of the molecule is Cc1nc2ccc(C(=O)N[C@H]3CN4CCC3CC4)cc2o1.O=C(O)/C=C/C(=O)O. The van der Waals surface area contributed by atoms with Crippen LogP contribution in [0.3, 0.4) is 0 Å². The molecule has 3 fully saturated rings. The number of carboxylic acid groups (broad SMARTS) is 2. The molecule has 3 saturated heterocycles. The van der Waals surface area contributed by atoms with Gasteiger partial charge in [0.05, 0.1) is 0 Å². The van der Waals surface area contributed by atoms with Crippen molar-refractivity contribution < 1.29 is 29.0 Å². The first-order chi connectivity index (χ1) is 13.8. The van der Waals surface area contributed by atoms with Crippen LogP contribution in [-0.2, 0) is 9.59 Å². The van der Waals surface area contributed by atoms with Crippen molar-refractivity contribution in [2.24, 2.45) is 5.92 Å². The molecule has 5 rings (SSSR count). The molecule has 1 amide bonds. The zero-order valence-corrected chi connectivity index (χ0v) is 16.0. The van der Waals surface area contributed by atoms with Crippen LogP contribution in [0.1, 0.15) is 29.1 Å². The number of fused-ring (bicyclic) bond motifs is 4. The van der Waals surface area contributed by atoms with Crippen molar-refractivity contribution in [2.45, 2.75) is 25.8 Å². The molecular formula is C20H23N3O6. The lowest BCUT2D eigenvalue weighted by molar-refractivity contribution is -0.134. The van der Waals surface area contributed by atoms with Crippen molar-refractivity contribution >= 4 is 28.9 Å². The van der Waals surface area contributed by atoms with Crippen molar-refractivity contribution in [1.82, 2.24) is 15.2 Å². The zero-order valence-electron chi connectivity index (χ0n) is 16.0. The van der Waals surface area contributed by atoms with Crippen LogP contribution in [0, 0.1) is 12.8 Å². The van der Waals surface area contributed by atoms with Gasteiger partial charge in [-0.25, -0.2) is 14.6 Å². The van der Waals surface area contributed by atoms with E-state index in [0.717, 1.165) is 12.1 Å². The van der Waals surface area contributed by atoms with Crippen molar-refractivity contribution in [3.63, 3.8) is 0 Å². The predicted octanol–water partition coefficient (Wildman–Crippen LogP) is 1.67. The van der Waals surface area contributed by atoms with Crippen molar-refractivity contribution in [1.29, 1.82) is 0 Å². The van der Waals surface area contributed by atoms with Gasteiger partial charge in [0.2, 0.25) is 0 Å². The summed E-state index contributed by atoms with van der Waals surface area (Å²) in [7, 11) is 0. The van der Waals surface area contributed by atoms with Crippen LogP contribution in [0.4, 0.5) is 0 Å². The number of piperidine rings is 3. The summed E-state index contributed by atoms with van der Waals surface area (Å²) >= 11 is 0. The Labute approximate surface area is 167 Å². The smallest absolute Gasteiger partial charge is 0.328 e. The number of hydrogen-bond donors (Lipinski definition) is 3. The molecule has 1 aromatic heterocycles. The van der Waals surface area contributed by atoms with E-state index in [1.54, 1.807) is 6.07 Å². The van der Waals surface area contributed by atoms with E-state index >= 15 is 0 Å². The number of benzene rings is 1. The fraction of sp³-hybridized carbons (Fsp3) is 0.400. The number of carboxylic acids is 2. The van der Waals surface area contributed by atoms with Crippen LogP contribution in [-0.4, -0.2) is 63.6 Å². The van der Waals surface area contributed by atoms with Crippen molar-refractivity contribution in [3.8, 4) is 0 Å². The molecule has 9 heteroatoms. The van der Waals surface area contributed by atoms with Crippen molar-refractivity contribution in [2.75, 3.05) is 19.6 Å². The second-order valence-electron chi connectivity index (χ2n) is 7.14. The van der Waals surface area contributed by atoms with Gasteiger partial charge in [0.15, 0.2) is 11.5 Å². The molecule has 0 saturated carbocycles. The van der Waals surface area contributed by atoms with Crippen LogP contribution in [0.5, 0.6) is 0 Å². The number of carbonyl (C=O) groups excluding carboxylic acids is 1. The first-order valence-electron chi connectivity index (χ1n) is 9.36. The number of carbonyl (C=O) groups is 3. The van der Waals surface area contributed by atoms with Crippen LogP contribution in [0.25, 0.3) is 11.1 Å². The van der Waals surface area contributed by atoms with E-state index < -0.39 is 11.9 Å². The average molecular weight is 401 g/mol. The number of rotatable bonds is 4. The zero-order chi connectivity index (χ0) is 21.0. The fourth-order valence-corrected chi connectivity index (χ4v) is 3.70. The Morgan fingerprint density at radius 2 is 1.83 bits per heavy atom. The maximum absolute atomic E-state index is 12.4. The molecule has 3 aliphatic heterocycles. The van der Waals surface area contributed by atoms with E-state index in [2.05, 4.69) is 15.2 Å². The molecule has 29 heavy (non-hydrogen) atoms. The van der Waals surface area contributed by atoms with Gasteiger partial charge in [-0.1, -0.05) is 0 Å². The molecule has 0 aliphatic carbocycles. The van der Waals surface area contributed by atoms with Gasteiger partial charge in [0.1, 0.15) is 5.52 Å². The summed E-state index contributed by atoms with van der Waals surface area (Å²) in [6, 6.07) is 5.73. The Bertz CT molecular complexity index is 927. The van der Waals surface area contributed by atoms with Crippen LogP contribution >= 0.6 is 0 Å². The van der Waals surface area contributed by atoms with E-state index in [1.165, 1.54) is 25.9 Å². The minimum absolute atomic E-state index is 0.00953. The van der Waals surface area contributed by atoms with Crippen LogP contribution in [0.2, 0.25) is 0 Å². The van der Waals surface area contributed by atoms with Gasteiger partial charge in [0.25, 0.3) is 5.91 Å². The maximum atomic E-state index is 12.4. The van der Waals surface area contributed by atoms with Gasteiger partial charge in [-0.2, -0.15) is 0 Å². The summed E-state index contributed by atoms with van der Waals surface area (Å²) in [6.45, 7) is 5.16. The predicted molar refractivity (Wildman–Crippen MR) is 104 cm³/mol. The highest BCUT2D eigenvalue weighted by atomic mass is 16.4. The third-order valence-electron chi connectivity index (χ3n) is 5.10. The molecule has 0 spiro atoms. The van der Waals surface area contributed by atoms with E-state index in [1.807, 2.05) is 19.1 Å². The number of nitrogens with zero attached hydrogens (tertiary/aromatic N) is 2. The second-order valence-corrected chi connectivity index (χ2v) is 7.14. The Kier molecular flexibility index (Phi) is 6.28. The highest BCUT2D eigenvalue weighted by Crippen LogP contribution is 2.27. The standard InChI is InChI=1S/C16H19N3O2.C4H4O4/c1-10-17-13-3-2-12(8-15(13)21-10)16(20)18-14-9-19-6-4-11(14)5-7-19;5-3(6)1-2-4(7)8/h2-3,8,11,14H,4-7,9H2,1H3,(H,18,20);1-2H,(H,5,6)(H,7,8)/b;2-1+/t14-;/m0./s1. The minimum atomic E-state index is -1.26. The van der Waals surface area contributed by atoms with E-state index in [-0.39, 0.29) is 11.9 Å². The molecule has 2 aromatic rings. The number of aryl methyl sites for hydroxylation is 1. The van der Waals surface area contributed by atoms with Crippen LogP contribution < -0.4 is 5.32 Å². The van der Waals surface area contributed by atoms with Gasteiger partial charge < -0.3 is 24.8 Å². The van der Waals surface area contributed by atoms with Gasteiger partial charge in [-0.05, 0) is 50.0 Å². The van der Waals surface area contributed by atoms with Gasteiger partial charge in [0, 0.05) is 37.2 Å². The average Bonchev–Trinajstić information content (AvgIpc) is 3.07. The maximum Gasteiger partial charge on any atom is 0.328 e. The van der Waals surface area contributed by atoms with E-state index in [4.69, 9.17) is 14.6 Å². The summed E-state index contributed by atoms with van der Waals surface area (Å²) in [4.78, 5) is 38.2. The van der Waals surface area contributed by atoms with Gasteiger partial charge in [-0.15, -0.1) is 0 Å². The van der Waals surface area contributed by atoms with Crippen molar-refractivity contribution in [3.05, 3.63) is 41.8 Å². The molecule has 0 radical (unpaired) electrons. The molecule has 1 atom stereocenters. The minimum Gasteiger partial charge on any atom is -0.478 e. The Hall–Kier alpha value is -3.20. The summed E-state index contributed by atoms with van der Waals surface area (Å²) in [6.07, 6.45) is 3.52. The van der Waals surface area contributed by atoms with Gasteiger partial charge in [-0.3, -0.25) is 4.79 Å². The lowest BCUT2D eigenvalue weighted by Crippen LogP contribution is -2.57. The first kappa shape index (κ1) is 20.5. The third kappa shape index (κ3) is 5.41. The number of amides is 1. The highest BCUT2D eigenvalue weighted by molar-refractivity contribution is 5.97.